The molecule has 0 radical (unpaired) electrons. The fourth-order valence-corrected chi connectivity index (χ4v) is 1.98. The van der Waals surface area contributed by atoms with Gasteiger partial charge in [0.2, 0.25) is 0 Å². The van der Waals surface area contributed by atoms with E-state index < -0.39 is 5.60 Å². The number of hydrogen-bond donors (Lipinski definition) is 1. The van der Waals surface area contributed by atoms with E-state index in [1.165, 1.54) is 6.92 Å². The summed E-state index contributed by atoms with van der Waals surface area (Å²) in [5.74, 6) is 0.530. The first-order valence-electron chi connectivity index (χ1n) is 6.40. The van der Waals surface area contributed by atoms with Crippen LogP contribution in [0.3, 0.4) is 0 Å². The van der Waals surface area contributed by atoms with Crippen LogP contribution in [-0.2, 0) is 4.79 Å². The molecule has 2 nitrogen and oxygen atoms in total. The minimum absolute atomic E-state index is 0.0154. The molecule has 0 aromatic carbocycles. The highest BCUT2D eigenvalue weighted by molar-refractivity contribution is 5.77. The lowest BCUT2D eigenvalue weighted by atomic mass is 9.72. The van der Waals surface area contributed by atoms with Crippen LogP contribution in [0.2, 0.25) is 0 Å². The zero-order valence-electron chi connectivity index (χ0n) is 12.3. The van der Waals surface area contributed by atoms with E-state index in [0.29, 0.717) is 12.3 Å². The van der Waals surface area contributed by atoms with Gasteiger partial charge in [0, 0.05) is 6.42 Å². The maximum atomic E-state index is 11.3. The van der Waals surface area contributed by atoms with Crippen LogP contribution in [0.4, 0.5) is 0 Å². The summed E-state index contributed by atoms with van der Waals surface area (Å²) in [6.07, 6.45) is 1.69. The van der Waals surface area contributed by atoms with Crippen LogP contribution < -0.4 is 0 Å². The molecule has 2 heteroatoms. The molecule has 100 valence electrons. The van der Waals surface area contributed by atoms with Crippen molar-refractivity contribution in [3.8, 4) is 0 Å². The molecule has 0 spiro atoms. The van der Waals surface area contributed by atoms with E-state index in [0.717, 1.165) is 12.0 Å². The second-order valence-electron chi connectivity index (χ2n) is 6.57. The fourth-order valence-electron chi connectivity index (χ4n) is 1.98. The highest BCUT2D eigenvalue weighted by Crippen LogP contribution is 2.38. The minimum Gasteiger partial charge on any atom is -0.385 e. The van der Waals surface area contributed by atoms with Crippen molar-refractivity contribution in [2.45, 2.75) is 66.4 Å². The zero-order chi connectivity index (χ0) is 13.9. The molecule has 1 atom stereocenters. The Morgan fingerprint density at radius 1 is 1.29 bits per heavy atom. The van der Waals surface area contributed by atoms with Crippen LogP contribution in [0.1, 0.15) is 60.8 Å². The summed E-state index contributed by atoms with van der Waals surface area (Å²) in [5, 5.41) is 10.7. The van der Waals surface area contributed by atoms with Crippen molar-refractivity contribution in [1.29, 1.82) is 0 Å². The van der Waals surface area contributed by atoms with Gasteiger partial charge in [-0.3, -0.25) is 4.79 Å². The summed E-state index contributed by atoms with van der Waals surface area (Å²) in [4.78, 5) is 11.3. The molecule has 0 heterocycles. The average molecular weight is 240 g/mol. The predicted molar refractivity (Wildman–Crippen MR) is 72.9 cm³/mol. The summed E-state index contributed by atoms with van der Waals surface area (Å²) in [5.41, 5.74) is -0.462. The molecule has 0 saturated carbocycles. The van der Waals surface area contributed by atoms with Crippen molar-refractivity contribution in [2.24, 2.45) is 11.3 Å². The van der Waals surface area contributed by atoms with Gasteiger partial charge in [0.05, 0.1) is 5.60 Å². The summed E-state index contributed by atoms with van der Waals surface area (Å²) in [7, 11) is 0. The Morgan fingerprint density at radius 2 is 1.76 bits per heavy atom. The Labute approximate surface area is 106 Å². The van der Waals surface area contributed by atoms with Gasteiger partial charge in [-0.25, -0.2) is 0 Å². The summed E-state index contributed by atoms with van der Waals surface area (Å²) in [6, 6.07) is 0. The van der Waals surface area contributed by atoms with Gasteiger partial charge in [0.25, 0.3) is 0 Å². The molecular formula is C15H28O2. The third-order valence-electron chi connectivity index (χ3n) is 3.14. The fraction of sp³-hybridized carbons (Fsp3) is 0.800. The summed E-state index contributed by atoms with van der Waals surface area (Å²) >= 11 is 0. The maximum absolute atomic E-state index is 11.3. The quantitative estimate of drug-likeness (QED) is 0.718. The van der Waals surface area contributed by atoms with Crippen LogP contribution in [0.25, 0.3) is 0 Å². The van der Waals surface area contributed by atoms with Crippen molar-refractivity contribution in [1.82, 2.24) is 0 Å². The van der Waals surface area contributed by atoms with Crippen LogP contribution in [0, 0.1) is 11.3 Å². The molecule has 1 N–H and O–H groups in total. The van der Waals surface area contributed by atoms with Gasteiger partial charge < -0.3 is 5.11 Å². The second kappa shape index (κ2) is 5.81. The Balaban J connectivity index is 4.96. The van der Waals surface area contributed by atoms with Gasteiger partial charge in [0.1, 0.15) is 5.78 Å². The van der Waals surface area contributed by atoms with E-state index in [2.05, 4.69) is 20.4 Å². The van der Waals surface area contributed by atoms with Gasteiger partial charge >= 0.3 is 0 Å². The molecule has 0 fully saturated rings. The standard InChI is InChI=1S/C15H28O2/c1-11(2)8-9-15(17,10-12(3)16)13(4)14(5,6)7/h11,17H,4,8-10H2,1-3,5-7H3/t15-/m1/s1. The van der Waals surface area contributed by atoms with Crippen LogP contribution in [0.15, 0.2) is 12.2 Å². The number of aliphatic hydroxyl groups is 1. The third-order valence-corrected chi connectivity index (χ3v) is 3.14. The molecule has 0 unspecified atom stereocenters. The van der Waals surface area contributed by atoms with Gasteiger partial charge in [-0.15, -0.1) is 0 Å². The first kappa shape index (κ1) is 16.4. The van der Waals surface area contributed by atoms with Gasteiger partial charge in [-0.1, -0.05) is 41.2 Å². The third kappa shape index (κ3) is 5.49. The van der Waals surface area contributed by atoms with E-state index in [-0.39, 0.29) is 17.6 Å². The number of Topliss-reactive ketones (excluding diaryl/α,β-unsaturated/α-hetero) is 1. The molecule has 0 rings (SSSR count). The number of rotatable bonds is 6. The molecule has 0 aliphatic carbocycles. The maximum Gasteiger partial charge on any atom is 0.133 e. The Bertz CT molecular complexity index is 284. The predicted octanol–water partition coefficient (Wildman–Crippen LogP) is 3.74. The summed E-state index contributed by atoms with van der Waals surface area (Å²) < 4.78 is 0. The topological polar surface area (TPSA) is 37.3 Å². The first-order chi connectivity index (χ1) is 7.49. The molecule has 17 heavy (non-hydrogen) atoms. The van der Waals surface area contributed by atoms with E-state index in [9.17, 15) is 9.90 Å². The highest BCUT2D eigenvalue weighted by Gasteiger charge is 2.37. The van der Waals surface area contributed by atoms with Crippen LogP contribution in [0.5, 0.6) is 0 Å². The van der Waals surface area contributed by atoms with Crippen LogP contribution >= 0.6 is 0 Å². The molecule has 0 aromatic heterocycles. The molecule has 0 aliphatic rings. The highest BCUT2D eigenvalue weighted by atomic mass is 16.3. The molecule has 0 aromatic rings. The van der Waals surface area contributed by atoms with Gasteiger partial charge in [-0.2, -0.15) is 0 Å². The molecule has 0 aliphatic heterocycles. The van der Waals surface area contributed by atoms with Crippen molar-refractivity contribution in [3.05, 3.63) is 12.2 Å². The van der Waals surface area contributed by atoms with Crippen molar-refractivity contribution in [2.75, 3.05) is 0 Å². The monoisotopic (exact) mass is 240 g/mol. The average Bonchev–Trinajstić information content (AvgIpc) is 2.11. The molecule has 0 saturated heterocycles. The number of ketones is 1. The lowest BCUT2D eigenvalue weighted by molar-refractivity contribution is -0.121. The van der Waals surface area contributed by atoms with E-state index >= 15 is 0 Å². The minimum atomic E-state index is -1.05. The van der Waals surface area contributed by atoms with E-state index in [1.807, 2.05) is 20.8 Å². The molecular weight excluding hydrogens is 212 g/mol. The Morgan fingerprint density at radius 3 is 2.06 bits per heavy atom. The second-order valence-corrected chi connectivity index (χ2v) is 6.57. The van der Waals surface area contributed by atoms with Crippen molar-refractivity contribution in [3.63, 3.8) is 0 Å². The number of carbonyl (C=O) groups excluding carboxylic acids is 1. The van der Waals surface area contributed by atoms with Crippen molar-refractivity contribution >= 4 is 5.78 Å². The molecule has 0 bridgehead atoms. The first-order valence-corrected chi connectivity index (χ1v) is 6.40. The summed E-state index contributed by atoms with van der Waals surface area (Å²) in [6.45, 7) is 15.9. The van der Waals surface area contributed by atoms with Crippen molar-refractivity contribution < 1.29 is 9.90 Å². The lowest BCUT2D eigenvalue weighted by Crippen LogP contribution is -2.38. The van der Waals surface area contributed by atoms with E-state index in [1.54, 1.807) is 0 Å². The Hall–Kier alpha value is -0.630. The largest absolute Gasteiger partial charge is 0.385 e. The number of carbonyl (C=O) groups is 1. The van der Waals surface area contributed by atoms with Gasteiger partial charge in [-0.05, 0) is 36.7 Å². The van der Waals surface area contributed by atoms with Crippen LogP contribution in [-0.4, -0.2) is 16.5 Å². The van der Waals surface area contributed by atoms with E-state index in [4.69, 9.17) is 0 Å². The Kier molecular flexibility index (Phi) is 5.60. The zero-order valence-corrected chi connectivity index (χ0v) is 12.3. The normalized spacial score (nSPS) is 15.8. The smallest absolute Gasteiger partial charge is 0.133 e. The number of hydrogen-bond acceptors (Lipinski definition) is 2. The lowest BCUT2D eigenvalue weighted by Gasteiger charge is -2.37. The molecule has 0 amide bonds. The van der Waals surface area contributed by atoms with Gasteiger partial charge in [0.15, 0.2) is 0 Å². The SMILES string of the molecule is C=C(C(C)(C)C)[C@@](O)(CCC(C)C)CC(C)=O.